The molecule has 160 valence electrons. The van der Waals surface area contributed by atoms with Gasteiger partial charge >= 0.3 is 0 Å². The van der Waals surface area contributed by atoms with E-state index >= 15 is 0 Å². The van der Waals surface area contributed by atoms with Gasteiger partial charge in [0.2, 0.25) is 5.95 Å². The summed E-state index contributed by atoms with van der Waals surface area (Å²) in [6.07, 6.45) is 6.05. The largest absolute Gasteiger partial charge is 0.379 e. The molecule has 0 spiro atoms. The summed E-state index contributed by atoms with van der Waals surface area (Å²) >= 11 is 6.42. The van der Waals surface area contributed by atoms with Crippen LogP contribution in [0, 0.1) is 5.82 Å². The fraction of sp³-hybridized carbons (Fsp3) is 0.0833. The Kier molecular flexibility index (Phi) is 6.09. The monoisotopic (exact) mass is 447 g/mol. The van der Waals surface area contributed by atoms with Gasteiger partial charge in [0.05, 0.1) is 16.2 Å². The van der Waals surface area contributed by atoms with Crippen molar-refractivity contribution in [1.82, 2.24) is 15.0 Å². The first-order valence-electron chi connectivity index (χ1n) is 9.76. The molecule has 0 unspecified atom stereocenters. The molecule has 2 aromatic heterocycles. The number of anilines is 2. The third-order valence-corrected chi connectivity index (χ3v) is 5.30. The summed E-state index contributed by atoms with van der Waals surface area (Å²) in [4.78, 5) is 26.0. The lowest BCUT2D eigenvalue weighted by atomic mass is 10.0. The number of nitrogens with one attached hydrogen (secondary N) is 1. The summed E-state index contributed by atoms with van der Waals surface area (Å²) < 4.78 is 14.0. The van der Waals surface area contributed by atoms with Crippen molar-refractivity contribution in [3.05, 3.63) is 90.1 Å². The fourth-order valence-corrected chi connectivity index (χ4v) is 3.45. The smallest absolute Gasteiger partial charge is 0.252 e. The second kappa shape index (κ2) is 9.11. The van der Waals surface area contributed by atoms with Gasteiger partial charge in [-0.1, -0.05) is 42.4 Å². The number of aromatic nitrogens is 3. The molecule has 0 fully saturated rings. The molecule has 1 amide bonds. The molecular formula is C24H19ClFN5O. The number of benzene rings is 2. The van der Waals surface area contributed by atoms with E-state index in [9.17, 15) is 9.18 Å². The molecule has 0 radical (unpaired) electrons. The summed E-state index contributed by atoms with van der Waals surface area (Å²) in [6.45, 7) is 3.74. The molecule has 2 heterocycles. The van der Waals surface area contributed by atoms with E-state index < -0.39 is 0 Å². The molecule has 4 rings (SSSR count). The fourth-order valence-electron chi connectivity index (χ4n) is 3.23. The normalized spacial score (nSPS) is 10.7. The molecule has 0 saturated carbocycles. The molecule has 0 aliphatic carbocycles. The van der Waals surface area contributed by atoms with Crippen molar-refractivity contribution >= 4 is 40.0 Å². The molecule has 0 aliphatic heterocycles. The molecule has 0 saturated heterocycles. The highest BCUT2D eigenvalue weighted by Gasteiger charge is 2.13. The maximum absolute atomic E-state index is 14.0. The van der Waals surface area contributed by atoms with Crippen LogP contribution in [0.15, 0.2) is 73.7 Å². The van der Waals surface area contributed by atoms with Crippen LogP contribution in [0.2, 0.25) is 5.02 Å². The van der Waals surface area contributed by atoms with E-state index in [-0.39, 0.29) is 24.2 Å². The second-order valence-corrected chi connectivity index (χ2v) is 7.44. The lowest BCUT2D eigenvalue weighted by molar-refractivity contribution is -0.113. The van der Waals surface area contributed by atoms with Crippen molar-refractivity contribution in [2.45, 2.75) is 6.54 Å². The Morgan fingerprint density at radius 2 is 1.88 bits per heavy atom. The van der Waals surface area contributed by atoms with Crippen LogP contribution >= 0.6 is 11.6 Å². The van der Waals surface area contributed by atoms with Crippen molar-refractivity contribution in [3.63, 3.8) is 0 Å². The number of rotatable bonds is 6. The van der Waals surface area contributed by atoms with Gasteiger partial charge in [-0.15, -0.1) is 0 Å². The number of halogens is 2. The Labute approximate surface area is 189 Å². The highest BCUT2D eigenvalue weighted by atomic mass is 35.5. The van der Waals surface area contributed by atoms with Crippen LogP contribution in [-0.4, -0.2) is 27.9 Å². The van der Waals surface area contributed by atoms with Crippen LogP contribution < -0.4 is 10.2 Å². The first-order valence-corrected chi connectivity index (χ1v) is 10.1. The van der Waals surface area contributed by atoms with Crippen LogP contribution in [0.1, 0.15) is 5.56 Å². The van der Waals surface area contributed by atoms with Gasteiger partial charge in [0, 0.05) is 48.7 Å². The van der Waals surface area contributed by atoms with Crippen LogP contribution in [-0.2, 0) is 11.3 Å². The number of carbonyl (C=O) groups is 1. The van der Waals surface area contributed by atoms with Crippen molar-refractivity contribution < 1.29 is 9.18 Å². The van der Waals surface area contributed by atoms with Gasteiger partial charge in [0.15, 0.2) is 0 Å². The first-order chi connectivity index (χ1) is 15.5. The van der Waals surface area contributed by atoms with E-state index in [4.69, 9.17) is 11.6 Å². The molecule has 8 heteroatoms. The van der Waals surface area contributed by atoms with Gasteiger partial charge in [0.25, 0.3) is 5.91 Å². The number of pyridine rings is 1. The minimum Gasteiger partial charge on any atom is -0.379 e. The van der Waals surface area contributed by atoms with Gasteiger partial charge in [-0.2, -0.15) is 0 Å². The maximum atomic E-state index is 14.0. The van der Waals surface area contributed by atoms with E-state index in [1.807, 2.05) is 18.2 Å². The standard InChI is InChI=1S/C24H19ClFN5O/c1-3-22(32)31(2)24-29-12-17(13-30-24)15-8-9-21-18(10-15)23(19(25)14-27-21)28-11-16-6-4-5-7-20(16)26/h3-10,12-14H,1,11H2,2H3,(H,27,28). The topological polar surface area (TPSA) is 71.0 Å². The second-order valence-electron chi connectivity index (χ2n) is 7.03. The summed E-state index contributed by atoms with van der Waals surface area (Å²) in [6, 6.07) is 12.3. The van der Waals surface area contributed by atoms with E-state index in [1.54, 1.807) is 43.8 Å². The number of hydrogen-bond donors (Lipinski definition) is 1. The van der Waals surface area contributed by atoms with Crippen molar-refractivity contribution in [3.8, 4) is 11.1 Å². The quantitative estimate of drug-likeness (QED) is 0.409. The molecule has 6 nitrogen and oxygen atoms in total. The number of hydrogen-bond acceptors (Lipinski definition) is 5. The van der Waals surface area contributed by atoms with Crippen LogP contribution in [0.25, 0.3) is 22.0 Å². The zero-order valence-electron chi connectivity index (χ0n) is 17.2. The Morgan fingerprint density at radius 1 is 1.12 bits per heavy atom. The third-order valence-electron chi connectivity index (χ3n) is 5.01. The predicted octanol–water partition coefficient (Wildman–Crippen LogP) is 5.25. The number of amides is 1. The van der Waals surface area contributed by atoms with Crippen LogP contribution in [0.5, 0.6) is 0 Å². The SMILES string of the molecule is C=CC(=O)N(C)c1ncc(-c2ccc3ncc(Cl)c(NCc4ccccc4F)c3c2)cn1. The van der Waals surface area contributed by atoms with Gasteiger partial charge in [-0.25, -0.2) is 14.4 Å². The van der Waals surface area contributed by atoms with Gasteiger partial charge in [-0.3, -0.25) is 14.7 Å². The van der Waals surface area contributed by atoms with Gasteiger partial charge < -0.3 is 5.32 Å². The van der Waals surface area contributed by atoms with Gasteiger partial charge in [-0.05, 0) is 29.8 Å². The molecule has 32 heavy (non-hydrogen) atoms. The summed E-state index contributed by atoms with van der Waals surface area (Å²) in [7, 11) is 1.58. The first kappa shape index (κ1) is 21.4. The Morgan fingerprint density at radius 3 is 2.59 bits per heavy atom. The lowest BCUT2D eigenvalue weighted by Crippen LogP contribution is -2.25. The van der Waals surface area contributed by atoms with E-state index in [0.29, 0.717) is 16.3 Å². The molecule has 1 N–H and O–H groups in total. The third kappa shape index (κ3) is 4.29. The number of carbonyl (C=O) groups excluding carboxylic acids is 1. The summed E-state index contributed by atoms with van der Waals surface area (Å²) in [5.41, 5.74) is 3.54. The van der Waals surface area contributed by atoms with Gasteiger partial charge in [0.1, 0.15) is 5.82 Å². The lowest BCUT2D eigenvalue weighted by Gasteiger charge is -2.14. The predicted molar refractivity (Wildman–Crippen MR) is 125 cm³/mol. The van der Waals surface area contributed by atoms with Crippen molar-refractivity contribution in [2.24, 2.45) is 0 Å². The molecule has 2 aromatic carbocycles. The Balaban J connectivity index is 1.67. The van der Waals surface area contributed by atoms with Crippen molar-refractivity contribution in [1.29, 1.82) is 0 Å². The molecular weight excluding hydrogens is 429 g/mol. The molecule has 0 atom stereocenters. The molecule has 0 bridgehead atoms. The average molecular weight is 448 g/mol. The van der Waals surface area contributed by atoms with E-state index in [0.717, 1.165) is 22.0 Å². The summed E-state index contributed by atoms with van der Waals surface area (Å²) in [5.74, 6) is -0.307. The number of likely N-dealkylation sites (N-methyl/N-ethyl adjacent to an activating group) is 1. The van der Waals surface area contributed by atoms with Crippen molar-refractivity contribution in [2.75, 3.05) is 17.3 Å². The van der Waals surface area contributed by atoms with Crippen LogP contribution in [0.4, 0.5) is 16.0 Å². The maximum Gasteiger partial charge on any atom is 0.252 e. The Hall–Kier alpha value is -3.84. The molecule has 0 aliphatic rings. The summed E-state index contributed by atoms with van der Waals surface area (Å²) in [5, 5.41) is 4.46. The molecule has 4 aromatic rings. The number of nitrogens with zero attached hydrogens (tertiary/aromatic N) is 4. The zero-order chi connectivity index (χ0) is 22.7. The average Bonchev–Trinajstić information content (AvgIpc) is 2.83. The van der Waals surface area contributed by atoms with E-state index in [1.165, 1.54) is 17.0 Å². The highest BCUT2D eigenvalue weighted by molar-refractivity contribution is 6.34. The Bertz CT molecular complexity index is 1310. The minimum absolute atomic E-state index is 0.274. The highest BCUT2D eigenvalue weighted by Crippen LogP contribution is 2.33. The van der Waals surface area contributed by atoms with Crippen LogP contribution in [0.3, 0.4) is 0 Å². The minimum atomic E-state index is -0.297. The van der Waals surface area contributed by atoms with E-state index in [2.05, 4.69) is 26.8 Å². The number of fused-ring (bicyclic) bond motifs is 1. The zero-order valence-corrected chi connectivity index (χ0v) is 18.0.